The highest BCUT2D eigenvalue weighted by atomic mass is 16.6. The quantitative estimate of drug-likeness (QED) is 0.235. The van der Waals surface area contributed by atoms with Gasteiger partial charge in [0, 0.05) is 25.8 Å². The summed E-state index contributed by atoms with van der Waals surface area (Å²) in [7, 11) is 1.23. The van der Waals surface area contributed by atoms with E-state index in [1.165, 1.54) is 27.0 Å². The summed E-state index contributed by atoms with van der Waals surface area (Å²) in [4.78, 5) is 59.6. The van der Waals surface area contributed by atoms with Gasteiger partial charge in [0.05, 0.1) is 31.3 Å². The predicted molar refractivity (Wildman–Crippen MR) is 107 cm³/mol. The van der Waals surface area contributed by atoms with E-state index < -0.39 is 46.3 Å². The third kappa shape index (κ3) is 6.14. The summed E-state index contributed by atoms with van der Waals surface area (Å²) in [5, 5.41) is 16.0. The third-order valence-corrected chi connectivity index (χ3v) is 4.00. The molecule has 31 heavy (non-hydrogen) atoms. The Morgan fingerprint density at radius 1 is 1.03 bits per heavy atom. The fourth-order valence-corrected chi connectivity index (χ4v) is 2.85. The van der Waals surface area contributed by atoms with Gasteiger partial charge in [-0.25, -0.2) is 9.59 Å². The molecule has 1 aromatic rings. The standard InChI is InChI=1S/C19H25N3O9/c1-6-30-17(25)19(21-12(4)24,18(26)31-7-2)10-13-8-14(20-11(3)23)15(22(27)28)9-16(13)29-5/h8-9H,6-7,10H2,1-5H3,(H,20,23)(H,21,24). The maximum atomic E-state index is 12.8. The molecule has 0 aliphatic heterocycles. The molecule has 170 valence electrons. The van der Waals surface area contributed by atoms with Gasteiger partial charge in [-0.15, -0.1) is 0 Å². The minimum Gasteiger partial charge on any atom is -0.496 e. The highest BCUT2D eigenvalue weighted by Crippen LogP contribution is 2.35. The van der Waals surface area contributed by atoms with Gasteiger partial charge >= 0.3 is 11.9 Å². The van der Waals surface area contributed by atoms with Crippen LogP contribution in [0.3, 0.4) is 0 Å². The van der Waals surface area contributed by atoms with Crippen molar-refractivity contribution < 1.29 is 38.3 Å². The third-order valence-electron chi connectivity index (χ3n) is 4.00. The molecule has 0 radical (unpaired) electrons. The lowest BCUT2D eigenvalue weighted by Crippen LogP contribution is -2.62. The monoisotopic (exact) mass is 439 g/mol. The van der Waals surface area contributed by atoms with Crippen LogP contribution in [0.25, 0.3) is 0 Å². The first kappa shape index (κ1) is 25.3. The van der Waals surface area contributed by atoms with Crippen molar-refractivity contribution in [2.24, 2.45) is 0 Å². The van der Waals surface area contributed by atoms with Gasteiger partial charge in [-0.2, -0.15) is 0 Å². The molecule has 0 unspecified atom stereocenters. The minimum atomic E-state index is -2.28. The van der Waals surface area contributed by atoms with Crippen LogP contribution >= 0.6 is 0 Å². The van der Waals surface area contributed by atoms with Crippen LogP contribution in [-0.2, 0) is 35.1 Å². The van der Waals surface area contributed by atoms with E-state index in [4.69, 9.17) is 14.2 Å². The summed E-state index contributed by atoms with van der Waals surface area (Å²) < 4.78 is 15.2. The lowest BCUT2D eigenvalue weighted by molar-refractivity contribution is -0.384. The van der Waals surface area contributed by atoms with Crippen molar-refractivity contribution >= 4 is 35.1 Å². The number of methoxy groups -OCH3 is 1. The van der Waals surface area contributed by atoms with E-state index in [0.29, 0.717) is 0 Å². The molecule has 12 heteroatoms. The van der Waals surface area contributed by atoms with Crippen LogP contribution in [0.1, 0.15) is 33.3 Å². The maximum Gasteiger partial charge on any atom is 0.344 e. The highest BCUT2D eigenvalue weighted by molar-refractivity contribution is 6.08. The van der Waals surface area contributed by atoms with E-state index in [1.807, 2.05) is 0 Å². The zero-order chi connectivity index (χ0) is 23.8. The molecule has 2 amide bonds. The second-order valence-corrected chi connectivity index (χ2v) is 6.32. The Kier molecular flexibility index (Phi) is 8.91. The summed E-state index contributed by atoms with van der Waals surface area (Å²) >= 11 is 0. The number of nitrogens with zero attached hydrogens (tertiary/aromatic N) is 1. The van der Waals surface area contributed by atoms with E-state index >= 15 is 0 Å². The zero-order valence-electron chi connectivity index (χ0n) is 17.9. The van der Waals surface area contributed by atoms with Crippen LogP contribution in [-0.4, -0.2) is 54.5 Å². The number of hydrogen-bond acceptors (Lipinski definition) is 9. The summed E-state index contributed by atoms with van der Waals surface area (Å²) in [6.45, 7) is 5.11. The molecule has 0 atom stereocenters. The van der Waals surface area contributed by atoms with E-state index in [0.717, 1.165) is 19.9 Å². The second-order valence-electron chi connectivity index (χ2n) is 6.32. The van der Waals surface area contributed by atoms with Crippen molar-refractivity contribution in [2.75, 3.05) is 25.6 Å². The number of esters is 2. The number of amides is 2. The fourth-order valence-electron chi connectivity index (χ4n) is 2.85. The smallest absolute Gasteiger partial charge is 0.344 e. The lowest BCUT2D eigenvalue weighted by Gasteiger charge is -2.30. The largest absolute Gasteiger partial charge is 0.496 e. The molecule has 2 N–H and O–H groups in total. The van der Waals surface area contributed by atoms with Crippen molar-refractivity contribution in [3.8, 4) is 5.75 Å². The molecule has 1 aromatic carbocycles. The Bertz CT molecular complexity index is 865. The number of ether oxygens (including phenoxy) is 3. The molecule has 0 fully saturated rings. The first-order chi connectivity index (χ1) is 14.5. The summed E-state index contributed by atoms with van der Waals surface area (Å²) in [6, 6.07) is 2.23. The second kappa shape index (κ2) is 10.9. The maximum absolute atomic E-state index is 12.8. The fraction of sp³-hybridized carbons (Fsp3) is 0.474. The molecular weight excluding hydrogens is 414 g/mol. The van der Waals surface area contributed by atoms with Crippen molar-refractivity contribution in [3.63, 3.8) is 0 Å². The summed E-state index contributed by atoms with van der Waals surface area (Å²) in [5.74, 6) is -3.51. The van der Waals surface area contributed by atoms with Crippen LogP contribution in [0.2, 0.25) is 0 Å². The van der Waals surface area contributed by atoms with Gasteiger partial charge in [-0.3, -0.25) is 19.7 Å². The number of carbonyl (C=O) groups is 4. The van der Waals surface area contributed by atoms with Crippen LogP contribution in [0.5, 0.6) is 5.75 Å². The predicted octanol–water partition coefficient (Wildman–Crippen LogP) is 1.11. The Hall–Kier alpha value is -3.70. The van der Waals surface area contributed by atoms with Gasteiger partial charge in [-0.1, -0.05) is 0 Å². The van der Waals surface area contributed by atoms with Gasteiger partial charge in [0.1, 0.15) is 11.4 Å². The SMILES string of the molecule is CCOC(=O)C(Cc1cc(NC(C)=O)c([N+](=O)[O-])cc1OC)(NC(C)=O)C(=O)OCC. The van der Waals surface area contributed by atoms with Crippen LogP contribution in [0, 0.1) is 10.1 Å². The van der Waals surface area contributed by atoms with Crippen LogP contribution < -0.4 is 15.4 Å². The number of nitro benzene ring substituents is 1. The molecule has 1 rings (SSSR count). The van der Waals surface area contributed by atoms with Crippen LogP contribution in [0.15, 0.2) is 12.1 Å². The average Bonchev–Trinajstić information content (AvgIpc) is 2.66. The molecule has 0 aromatic heterocycles. The number of benzene rings is 1. The van der Waals surface area contributed by atoms with Crippen molar-refractivity contribution in [1.82, 2.24) is 5.32 Å². The highest BCUT2D eigenvalue weighted by Gasteiger charge is 2.50. The van der Waals surface area contributed by atoms with Gasteiger partial charge in [0.25, 0.3) is 5.69 Å². The first-order valence-electron chi connectivity index (χ1n) is 9.28. The number of hydrogen-bond donors (Lipinski definition) is 2. The number of anilines is 1. The van der Waals surface area contributed by atoms with Gasteiger partial charge in [-0.05, 0) is 19.9 Å². The number of rotatable bonds is 10. The van der Waals surface area contributed by atoms with Crippen LogP contribution in [0.4, 0.5) is 11.4 Å². The Labute approximate surface area is 178 Å². The lowest BCUT2D eigenvalue weighted by atomic mass is 9.89. The number of nitrogens with one attached hydrogen (secondary N) is 2. The van der Waals surface area contributed by atoms with Crippen molar-refractivity contribution in [3.05, 3.63) is 27.8 Å². The van der Waals surface area contributed by atoms with Gasteiger partial charge in [0.15, 0.2) is 0 Å². The molecule has 12 nitrogen and oxygen atoms in total. The Balaban J connectivity index is 3.74. The molecular formula is C19H25N3O9. The Morgan fingerprint density at radius 2 is 1.58 bits per heavy atom. The number of carbonyl (C=O) groups excluding carboxylic acids is 4. The summed E-state index contributed by atoms with van der Waals surface area (Å²) in [6.07, 6.45) is -0.516. The molecule has 0 aliphatic rings. The number of nitro groups is 1. The zero-order valence-corrected chi connectivity index (χ0v) is 17.9. The van der Waals surface area contributed by atoms with E-state index in [9.17, 15) is 29.3 Å². The normalized spacial score (nSPS) is 10.6. The van der Waals surface area contributed by atoms with E-state index in [2.05, 4.69) is 10.6 Å². The molecule has 0 spiro atoms. The van der Waals surface area contributed by atoms with Gasteiger partial charge in [0.2, 0.25) is 17.4 Å². The van der Waals surface area contributed by atoms with Gasteiger partial charge < -0.3 is 24.8 Å². The first-order valence-corrected chi connectivity index (χ1v) is 9.28. The minimum absolute atomic E-state index is 0.0517. The summed E-state index contributed by atoms with van der Waals surface area (Å²) in [5.41, 5.74) is -2.83. The van der Waals surface area contributed by atoms with Crippen molar-refractivity contribution in [2.45, 2.75) is 39.7 Å². The average molecular weight is 439 g/mol. The molecule has 0 heterocycles. The Morgan fingerprint density at radius 3 is 1.97 bits per heavy atom. The van der Waals surface area contributed by atoms with E-state index in [-0.39, 0.29) is 30.2 Å². The molecule has 0 saturated heterocycles. The molecule has 0 bridgehead atoms. The van der Waals surface area contributed by atoms with Crippen molar-refractivity contribution in [1.29, 1.82) is 0 Å². The van der Waals surface area contributed by atoms with E-state index in [1.54, 1.807) is 0 Å². The topological polar surface area (TPSA) is 163 Å². The molecule has 0 saturated carbocycles. The molecule has 0 aliphatic carbocycles.